The summed E-state index contributed by atoms with van der Waals surface area (Å²) in [5, 5.41) is 1.10. The number of benzene rings is 2. The third-order valence-corrected chi connectivity index (χ3v) is 3.83. The molecule has 0 radical (unpaired) electrons. The van der Waals surface area contributed by atoms with E-state index in [4.69, 9.17) is 0 Å². The van der Waals surface area contributed by atoms with Gasteiger partial charge in [0, 0.05) is 11.1 Å². The first kappa shape index (κ1) is 12.0. The standard InChI is InChI=1S/C17H13NS/c1-12-3-5-14(6-4-12)7-8-15-9-10-16-17(11-15)19-13(2)18-16/h3-6,9-11H,1-2H3. The maximum Gasteiger partial charge on any atom is 0.0907 e. The van der Waals surface area contributed by atoms with E-state index in [1.807, 2.05) is 19.1 Å². The Bertz CT molecular complexity index is 785. The lowest BCUT2D eigenvalue weighted by atomic mass is 10.1. The van der Waals surface area contributed by atoms with Crippen LogP contribution in [0.2, 0.25) is 0 Å². The van der Waals surface area contributed by atoms with Crippen LogP contribution in [0.15, 0.2) is 42.5 Å². The van der Waals surface area contributed by atoms with Crippen molar-refractivity contribution in [3.05, 3.63) is 64.2 Å². The van der Waals surface area contributed by atoms with Gasteiger partial charge in [0.25, 0.3) is 0 Å². The fourth-order valence-electron chi connectivity index (χ4n) is 1.90. The summed E-state index contributed by atoms with van der Waals surface area (Å²) in [6.07, 6.45) is 0. The van der Waals surface area contributed by atoms with Gasteiger partial charge in [-0.25, -0.2) is 4.98 Å². The quantitative estimate of drug-likeness (QED) is 0.551. The molecule has 0 bridgehead atoms. The first-order chi connectivity index (χ1) is 9.20. The zero-order valence-electron chi connectivity index (χ0n) is 10.9. The molecule has 0 spiro atoms. The number of aryl methyl sites for hydroxylation is 2. The Labute approximate surface area is 116 Å². The molecule has 0 N–H and O–H groups in total. The number of aromatic nitrogens is 1. The predicted molar refractivity (Wildman–Crippen MR) is 81.5 cm³/mol. The van der Waals surface area contributed by atoms with Gasteiger partial charge < -0.3 is 0 Å². The molecular formula is C17H13NS. The Hall–Kier alpha value is -2.11. The van der Waals surface area contributed by atoms with Crippen molar-refractivity contribution in [3.8, 4) is 11.8 Å². The second kappa shape index (κ2) is 4.87. The van der Waals surface area contributed by atoms with Crippen molar-refractivity contribution in [3.63, 3.8) is 0 Å². The topological polar surface area (TPSA) is 12.9 Å². The zero-order chi connectivity index (χ0) is 13.2. The van der Waals surface area contributed by atoms with E-state index >= 15 is 0 Å². The average molecular weight is 263 g/mol. The van der Waals surface area contributed by atoms with E-state index in [9.17, 15) is 0 Å². The average Bonchev–Trinajstić information content (AvgIpc) is 2.77. The smallest absolute Gasteiger partial charge is 0.0907 e. The molecule has 0 aliphatic rings. The van der Waals surface area contributed by atoms with E-state index < -0.39 is 0 Å². The Morgan fingerprint density at radius 1 is 0.895 bits per heavy atom. The highest BCUT2D eigenvalue weighted by Gasteiger charge is 1.99. The van der Waals surface area contributed by atoms with E-state index in [2.05, 4.69) is 54.1 Å². The summed E-state index contributed by atoms with van der Waals surface area (Å²) in [5.41, 5.74) is 4.40. The van der Waals surface area contributed by atoms with Gasteiger partial charge in [-0.15, -0.1) is 11.3 Å². The van der Waals surface area contributed by atoms with Gasteiger partial charge in [0.1, 0.15) is 0 Å². The van der Waals surface area contributed by atoms with Crippen molar-refractivity contribution < 1.29 is 0 Å². The monoisotopic (exact) mass is 263 g/mol. The lowest BCUT2D eigenvalue weighted by Crippen LogP contribution is -1.77. The Kier molecular flexibility index (Phi) is 3.06. The maximum atomic E-state index is 4.45. The largest absolute Gasteiger partial charge is 0.242 e. The summed E-state index contributed by atoms with van der Waals surface area (Å²) in [4.78, 5) is 4.45. The molecule has 1 heterocycles. The molecule has 0 aliphatic heterocycles. The van der Waals surface area contributed by atoms with E-state index in [0.717, 1.165) is 21.7 Å². The minimum atomic E-state index is 1.04. The molecule has 2 heteroatoms. The molecule has 0 amide bonds. The van der Waals surface area contributed by atoms with Gasteiger partial charge in [-0.3, -0.25) is 0 Å². The molecule has 19 heavy (non-hydrogen) atoms. The summed E-state index contributed by atoms with van der Waals surface area (Å²) in [7, 11) is 0. The van der Waals surface area contributed by atoms with Crippen LogP contribution in [0.5, 0.6) is 0 Å². The summed E-state index contributed by atoms with van der Waals surface area (Å²) in [5.74, 6) is 6.40. The molecule has 0 saturated carbocycles. The molecule has 2 aromatic carbocycles. The normalized spacial score (nSPS) is 10.2. The van der Waals surface area contributed by atoms with Crippen LogP contribution in [0.3, 0.4) is 0 Å². The minimum Gasteiger partial charge on any atom is -0.242 e. The number of hydrogen-bond donors (Lipinski definition) is 0. The first-order valence-corrected chi connectivity index (χ1v) is 6.98. The number of hydrogen-bond acceptors (Lipinski definition) is 2. The van der Waals surface area contributed by atoms with Crippen LogP contribution in [-0.2, 0) is 0 Å². The van der Waals surface area contributed by atoms with E-state index in [1.165, 1.54) is 10.3 Å². The molecule has 0 unspecified atom stereocenters. The summed E-state index contributed by atoms with van der Waals surface area (Å²) in [6, 6.07) is 14.5. The molecule has 0 atom stereocenters. The minimum absolute atomic E-state index is 1.04. The Morgan fingerprint density at radius 2 is 1.58 bits per heavy atom. The van der Waals surface area contributed by atoms with Crippen LogP contribution >= 0.6 is 11.3 Å². The SMILES string of the molecule is Cc1ccc(C#Cc2ccc3nc(C)sc3c2)cc1. The molecule has 3 aromatic rings. The molecule has 3 rings (SSSR count). The van der Waals surface area contributed by atoms with Crippen molar-refractivity contribution in [2.45, 2.75) is 13.8 Å². The fraction of sp³-hybridized carbons (Fsp3) is 0.118. The summed E-state index contributed by atoms with van der Waals surface area (Å²) in [6.45, 7) is 4.11. The predicted octanol–water partition coefficient (Wildman–Crippen LogP) is 4.31. The van der Waals surface area contributed by atoms with Gasteiger partial charge in [0.05, 0.1) is 15.2 Å². The molecular weight excluding hydrogens is 250 g/mol. The van der Waals surface area contributed by atoms with Crippen LogP contribution in [-0.4, -0.2) is 4.98 Å². The van der Waals surface area contributed by atoms with Crippen molar-refractivity contribution in [2.24, 2.45) is 0 Å². The maximum absolute atomic E-state index is 4.45. The second-order valence-corrected chi connectivity index (χ2v) is 5.77. The summed E-state index contributed by atoms with van der Waals surface area (Å²) < 4.78 is 1.20. The van der Waals surface area contributed by atoms with Crippen molar-refractivity contribution in [1.29, 1.82) is 0 Å². The van der Waals surface area contributed by atoms with Crippen LogP contribution in [0, 0.1) is 25.7 Å². The van der Waals surface area contributed by atoms with E-state index in [1.54, 1.807) is 11.3 Å². The van der Waals surface area contributed by atoms with Gasteiger partial charge in [0.2, 0.25) is 0 Å². The Balaban J connectivity index is 1.95. The van der Waals surface area contributed by atoms with Gasteiger partial charge in [0.15, 0.2) is 0 Å². The van der Waals surface area contributed by atoms with Crippen LogP contribution in [0.1, 0.15) is 21.7 Å². The Morgan fingerprint density at radius 3 is 2.37 bits per heavy atom. The lowest BCUT2D eigenvalue weighted by Gasteiger charge is -1.92. The molecule has 0 aliphatic carbocycles. The third kappa shape index (κ3) is 2.67. The van der Waals surface area contributed by atoms with Crippen LogP contribution in [0.25, 0.3) is 10.2 Å². The van der Waals surface area contributed by atoms with Gasteiger partial charge in [-0.2, -0.15) is 0 Å². The highest BCUT2D eigenvalue weighted by Crippen LogP contribution is 2.22. The highest BCUT2D eigenvalue weighted by molar-refractivity contribution is 7.18. The zero-order valence-corrected chi connectivity index (χ0v) is 11.7. The molecule has 1 aromatic heterocycles. The molecule has 92 valence electrons. The van der Waals surface area contributed by atoms with Crippen molar-refractivity contribution in [1.82, 2.24) is 4.98 Å². The van der Waals surface area contributed by atoms with Gasteiger partial charge in [-0.1, -0.05) is 29.5 Å². The summed E-state index contributed by atoms with van der Waals surface area (Å²) >= 11 is 1.71. The number of thiazole rings is 1. The number of fused-ring (bicyclic) bond motifs is 1. The van der Waals surface area contributed by atoms with E-state index in [-0.39, 0.29) is 0 Å². The third-order valence-electron chi connectivity index (χ3n) is 2.90. The van der Waals surface area contributed by atoms with E-state index in [0.29, 0.717) is 0 Å². The first-order valence-electron chi connectivity index (χ1n) is 6.16. The number of nitrogens with zero attached hydrogens (tertiary/aromatic N) is 1. The van der Waals surface area contributed by atoms with Gasteiger partial charge >= 0.3 is 0 Å². The molecule has 1 nitrogen and oxygen atoms in total. The van der Waals surface area contributed by atoms with Gasteiger partial charge in [-0.05, 0) is 44.2 Å². The number of rotatable bonds is 0. The van der Waals surface area contributed by atoms with Crippen molar-refractivity contribution in [2.75, 3.05) is 0 Å². The highest BCUT2D eigenvalue weighted by atomic mass is 32.1. The lowest BCUT2D eigenvalue weighted by molar-refractivity contribution is 1.35. The van der Waals surface area contributed by atoms with Crippen LogP contribution in [0.4, 0.5) is 0 Å². The molecule has 0 saturated heterocycles. The second-order valence-electron chi connectivity index (χ2n) is 4.53. The fourth-order valence-corrected chi connectivity index (χ4v) is 2.77. The molecule has 0 fully saturated rings. The van der Waals surface area contributed by atoms with Crippen LogP contribution < -0.4 is 0 Å². The van der Waals surface area contributed by atoms with Crippen molar-refractivity contribution >= 4 is 21.6 Å².